The van der Waals surface area contributed by atoms with Crippen LogP contribution in [-0.4, -0.2) is 5.91 Å². The SMILES string of the molecule is NC(=O)c1ccc(C(F)(F)F)c(C2CC2)c1F. The van der Waals surface area contributed by atoms with Crippen molar-refractivity contribution < 1.29 is 22.4 Å². The highest BCUT2D eigenvalue weighted by atomic mass is 19.4. The third kappa shape index (κ3) is 2.11. The summed E-state index contributed by atoms with van der Waals surface area (Å²) in [5.41, 5.74) is 2.98. The lowest BCUT2D eigenvalue weighted by molar-refractivity contribution is -0.138. The van der Waals surface area contributed by atoms with Gasteiger partial charge in [-0.1, -0.05) is 0 Å². The summed E-state index contributed by atoms with van der Waals surface area (Å²) in [6, 6.07) is 1.50. The highest BCUT2D eigenvalue weighted by molar-refractivity contribution is 5.93. The number of hydrogen-bond acceptors (Lipinski definition) is 1. The molecule has 0 aromatic heterocycles. The number of alkyl halides is 3. The molecular formula is C11H9F4NO. The van der Waals surface area contributed by atoms with Crippen LogP contribution in [0.3, 0.4) is 0 Å². The predicted octanol–water partition coefficient (Wildman–Crippen LogP) is 2.82. The number of carbonyl (C=O) groups excluding carboxylic acids is 1. The van der Waals surface area contributed by atoms with E-state index in [1.807, 2.05) is 0 Å². The van der Waals surface area contributed by atoms with Gasteiger partial charge in [-0.3, -0.25) is 4.79 Å². The van der Waals surface area contributed by atoms with E-state index >= 15 is 0 Å². The molecule has 0 atom stereocenters. The molecule has 0 aliphatic heterocycles. The summed E-state index contributed by atoms with van der Waals surface area (Å²) < 4.78 is 51.8. The van der Waals surface area contributed by atoms with Gasteiger partial charge in [0.25, 0.3) is 5.91 Å². The van der Waals surface area contributed by atoms with E-state index in [1.54, 1.807) is 0 Å². The molecule has 1 amide bonds. The van der Waals surface area contributed by atoms with Gasteiger partial charge >= 0.3 is 6.18 Å². The van der Waals surface area contributed by atoms with Crippen LogP contribution in [0, 0.1) is 5.82 Å². The van der Waals surface area contributed by atoms with Gasteiger partial charge in [0.15, 0.2) is 0 Å². The van der Waals surface area contributed by atoms with Crippen molar-refractivity contribution >= 4 is 5.91 Å². The van der Waals surface area contributed by atoms with Crippen molar-refractivity contribution in [2.45, 2.75) is 24.9 Å². The maximum absolute atomic E-state index is 13.8. The van der Waals surface area contributed by atoms with Crippen LogP contribution in [0.25, 0.3) is 0 Å². The van der Waals surface area contributed by atoms with Gasteiger partial charge in [0, 0.05) is 5.56 Å². The number of benzene rings is 1. The van der Waals surface area contributed by atoms with Crippen molar-refractivity contribution in [1.82, 2.24) is 0 Å². The Bertz CT molecular complexity index is 477. The van der Waals surface area contributed by atoms with E-state index in [4.69, 9.17) is 5.73 Å². The Morgan fingerprint density at radius 1 is 1.29 bits per heavy atom. The molecule has 6 heteroatoms. The van der Waals surface area contributed by atoms with Gasteiger partial charge in [0.2, 0.25) is 0 Å². The monoisotopic (exact) mass is 247 g/mol. The molecule has 1 aliphatic carbocycles. The largest absolute Gasteiger partial charge is 0.416 e. The molecule has 0 heterocycles. The number of hydrogen-bond donors (Lipinski definition) is 1. The molecule has 1 fully saturated rings. The van der Waals surface area contributed by atoms with Crippen LogP contribution < -0.4 is 5.73 Å². The molecule has 17 heavy (non-hydrogen) atoms. The first-order valence-electron chi connectivity index (χ1n) is 5.01. The third-order valence-corrected chi connectivity index (χ3v) is 2.74. The highest BCUT2D eigenvalue weighted by Crippen LogP contribution is 2.47. The summed E-state index contributed by atoms with van der Waals surface area (Å²) in [6.45, 7) is 0. The zero-order valence-electron chi connectivity index (χ0n) is 8.64. The van der Waals surface area contributed by atoms with E-state index in [0.717, 1.165) is 12.1 Å². The molecule has 0 bridgehead atoms. The fourth-order valence-corrected chi connectivity index (χ4v) is 1.80. The van der Waals surface area contributed by atoms with Gasteiger partial charge in [0.05, 0.1) is 11.1 Å². The summed E-state index contributed by atoms with van der Waals surface area (Å²) in [5, 5.41) is 0. The summed E-state index contributed by atoms with van der Waals surface area (Å²) in [4.78, 5) is 10.9. The second-order valence-corrected chi connectivity index (χ2v) is 4.02. The second kappa shape index (κ2) is 3.72. The number of halogens is 4. The van der Waals surface area contributed by atoms with Crippen LogP contribution in [0.2, 0.25) is 0 Å². The van der Waals surface area contributed by atoms with E-state index in [0.29, 0.717) is 12.8 Å². The molecule has 0 spiro atoms. The summed E-state index contributed by atoms with van der Waals surface area (Å²) in [6.07, 6.45) is -3.61. The Morgan fingerprint density at radius 3 is 2.29 bits per heavy atom. The Balaban J connectivity index is 2.63. The first-order chi connectivity index (χ1) is 7.82. The number of primary amides is 1. The van der Waals surface area contributed by atoms with E-state index in [2.05, 4.69) is 0 Å². The quantitative estimate of drug-likeness (QED) is 0.802. The molecule has 0 saturated heterocycles. The van der Waals surface area contributed by atoms with Crippen molar-refractivity contribution in [2.75, 3.05) is 0 Å². The van der Waals surface area contributed by atoms with Gasteiger partial charge in [-0.2, -0.15) is 13.2 Å². The van der Waals surface area contributed by atoms with E-state index in [-0.39, 0.29) is 0 Å². The predicted molar refractivity (Wildman–Crippen MR) is 51.9 cm³/mol. The highest BCUT2D eigenvalue weighted by Gasteiger charge is 2.40. The summed E-state index contributed by atoms with van der Waals surface area (Å²) in [5.74, 6) is -2.64. The molecule has 2 nitrogen and oxygen atoms in total. The molecular weight excluding hydrogens is 238 g/mol. The molecule has 2 rings (SSSR count). The Hall–Kier alpha value is -1.59. The van der Waals surface area contributed by atoms with E-state index in [1.165, 1.54) is 0 Å². The third-order valence-electron chi connectivity index (χ3n) is 2.74. The summed E-state index contributed by atoms with van der Waals surface area (Å²) in [7, 11) is 0. The van der Waals surface area contributed by atoms with Crippen LogP contribution in [0.15, 0.2) is 12.1 Å². The topological polar surface area (TPSA) is 43.1 Å². The Morgan fingerprint density at radius 2 is 1.88 bits per heavy atom. The first kappa shape index (κ1) is 11.9. The maximum Gasteiger partial charge on any atom is 0.416 e. The van der Waals surface area contributed by atoms with E-state index < -0.39 is 40.5 Å². The Kier molecular flexibility index (Phi) is 2.60. The number of carbonyl (C=O) groups is 1. The van der Waals surface area contributed by atoms with Crippen LogP contribution in [0.4, 0.5) is 17.6 Å². The van der Waals surface area contributed by atoms with Crippen molar-refractivity contribution in [3.05, 3.63) is 34.6 Å². The van der Waals surface area contributed by atoms with Crippen molar-refractivity contribution in [2.24, 2.45) is 5.73 Å². The molecule has 1 aromatic carbocycles. The molecule has 2 N–H and O–H groups in total. The van der Waals surface area contributed by atoms with Crippen LogP contribution >= 0.6 is 0 Å². The number of amides is 1. The van der Waals surface area contributed by atoms with Crippen LogP contribution in [0.1, 0.15) is 40.2 Å². The maximum atomic E-state index is 13.8. The molecule has 1 aliphatic rings. The smallest absolute Gasteiger partial charge is 0.366 e. The molecule has 0 unspecified atom stereocenters. The fraction of sp³-hybridized carbons (Fsp3) is 0.364. The minimum Gasteiger partial charge on any atom is -0.366 e. The minimum absolute atomic E-state index is 0.422. The minimum atomic E-state index is -4.62. The number of nitrogens with two attached hydrogens (primary N) is 1. The molecule has 92 valence electrons. The van der Waals surface area contributed by atoms with Crippen LogP contribution in [-0.2, 0) is 6.18 Å². The van der Waals surface area contributed by atoms with Gasteiger partial charge in [-0.25, -0.2) is 4.39 Å². The lowest BCUT2D eigenvalue weighted by atomic mass is 9.98. The first-order valence-corrected chi connectivity index (χ1v) is 5.01. The second-order valence-electron chi connectivity index (χ2n) is 4.02. The van der Waals surface area contributed by atoms with Crippen molar-refractivity contribution in [3.63, 3.8) is 0 Å². The molecule has 1 aromatic rings. The molecule has 0 radical (unpaired) electrons. The average Bonchev–Trinajstić information content (AvgIpc) is 2.98. The lowest BCUT2D eigenvalue weighted by Gasteiger charge is -2.14. The normalized spacial score (nSPS) is 16.0. The Labute approximate surface area is 94.4 Å². The van der Waals surface area contributed by atoms with Gasteiger partial charge in [-0.05, 0) is 30.9 Å². The summed E-state index contributed by atoms with van der Waals surface area (Å²) >= 11 is 0. The van der Waals surface area contributed by atoms with Gasteiger partial charge in [-0.15, -0.1) is 0 Å². The van der Waals surface area contributed by atoms with Gasteiger partial charge in [0.1, 0.15) is 5.82 Å². The van der Waals surface area contributed by atoms with Crippen molar-refractivity contribution in [3.8, 4) is 0 Å². The van der Waals surface area contributed by atoms with Gasteiger partial charge < -0.3 is 5.73 Å². The zero-order valence-corrected chi connectivity index (χ0v) is 8.64. The van der Waals surface area contributed by atoms with Crippen LogP contribution in [0.5, 0.6) is 0 Å². The fourth-order valence-electron chi connectivity index (χ4n) is 1.80. The average molecular weight is 247 g/mol. The number of rotatable bonds is 2. The van der Waals surface area contributed by atoms with E-state index in [9.17, 15) is 22.4 Å². The molecule has 1 saturated carbocycles. The van der Waals surface area contributed by atoms with Crippen molar-refractivity contribution in [1.29, 1.82) is 0 Å². The lowest BCUT2D eigenvalue weighted by Crippen LogP contribution is -2.17. The standard InChI is InChI=1S/C11H9F4NO/c12-9-6(10(16)17)3-4-7(11(13,14)15)8(9)5-1-2-5/h3-5H,1-2H2,(H2,16,17). The zero-order chi connectivity index (χ0) is 12.8.